The second-order valence-corrected chi connectivity index (χ2v) is 6.85. The average Bonchev–Trinajstić information content (AvgIpc) is 2.85. The normalized spacial score (nSPS) is 19.2. The van der Waals surface area contributed by atoms with Gasteiger partial charge in [0.1, 0.15) is 0 Å². The number of aryl methyl sites for hydroxylation is 2. The van der Waals surface area contributed by atoms with E-state index in [1.807, 2.05) is 36.4 Å². The molecule has 2 unspecified atom stereocenters. The maximum atomic E-state index is 12.6. The van der Waals surface area contributed by atoms with E-state index < -0.39 is 5.97 Å². The Kier molecular flexibility index (Phi) is 6.55. The van der Waals surface area contributed by atoms with Gasteiger partial charge in [0.15, 0.2) is 0 Å². The molecule has 0 aromatic carbocycles. The first-order valence-corrected chi connectivity index (χ1v) is 8.58. The van der Waals surface area contributed by atoms with Crippen LogP contribution >= 0.6 is 0 Å². The Hall–Kier alpha value is -1.93. The smallest absolute Gasteiger partial charge is 0.317 e. The highest BCUT2D eigenvalue weighted by Gasteiger charge is 2.27. The molecular formula is C17H28N4O4. The number of hydrogen-bond donors (Lipinski definition) is 1. The zero-order chi connectivity index (χ0) is 18.6. The number of hydrogen-bond acceptors (Lipinski definition) is 5. The van der Waals surface area contributed by atoms with Crippen LogP contribution in [0, 0.1) is 13.8 Å². The summed E-state index contributed by atoms with van der Waals surface area (Å²) in [6, 6.07) is 2.00. The van der Waals surface area contributed by atoms with Gasteiger partial charge in [0.05, 0.1) is 31.0 Å². The SMILES string of the molecule is Cc1cc(C)n(C(C)CC(=O)N2CCOC(CN(C)CC(=O)O)C2)n1. The number of rotatable bonds is 7. The summed E-state index contributed by atoms with van der Waals surface area (Å²) in [7, 11) is 1.74. The lowest BCUT2D eigenvalue weighted by molar-refractivity contribution is -0.142. The van der Waals surface area contributed by atoms with Gasteiger partial charge < -0.3 is 14.7 Å². The Labute approximate surface area is 148 Å². The van der Waals surface area contributed by atoms with E-state index in [9.17, 15) is 9.59 Å². The monoisotopic (exact) mass is 352 g/mol. The second kappa shape index (κ2) is 8.44. The minimum atomic E-state index is -0.870. The highest BCUT2D eigenvalue weighted by molar-refractivity contribution is 5.76. The van der Waals surface area contributed by atoms with Gasteiger partial charge in [0, 0.05) is 31.7 Å². The maximum Gasteiger partial charge on any atom is 0.317 e. The largest absolute Gasteiger partial charge is 0.480 e. The van der Waals surface area contributed by atoms with Crippen molar-refractivity contribution in [3.63, 3.8) is 0 Å². The Bertz CT molecular complexity index is 616. The van der Waals surface area contributed by atoms with E-state index in [1.54, 1.807) is 11.9 Å². The fraction of sp³-hybridized carbons (Fsp3) is 0.706. The summed E-state index contributed by atoms with van der Waals surface area (Å²) in [5, 5.41) is 13.3. The number of carbonyl (C=O) groups excluding carboxylic acids is 1. The molecule has 8 heteroatoms. The van der Waals surface area contributed by atoms with Gasteiger partial charge in [-0.15, -0.1) is 0 Å². The van der Waals surface area contributed by atoms with Crippen LogP contribution in [-0.4, -0.2) is 82.5 Å². The number of carboxylic acid groups (broad SMARTS) is 1. The molecule has 8 nitrogen and oxygen atoms in total. The van der Waals surface area contributed by atoms with Crippen LogP contribution in [0.1, 0.15) is 30.8 Å². The molecule has 1 aliphatic rings. The summed E-state index contributed by atoms with van der Waals surface area (Å²) in [5.74, 6) is -0.792. The number of morpholine rings is 1. The molecule has 2 atom stereocenters. The van der Waals surface area contributed by atoms with Crippen molar-refractivity contribution in [2.75, 3.05) is 39.8 Å². The highest BCUT2D eigenvalue weighted by Crippen LogP contribution is 2.17. The molecule has 0 radical (unpaired) electrons. The van der Waals surface area contributed by atoms with Gasteiger partial charge in [-0.3, -0.25) is 19.2 Å². The predicted octanol–water partition coefficient (Wildman–Crippen LogP) is 0.695. The van der Waals surface area contributed by atoms with E-state index >= 15 is 0 Å². The number of carboxylic acids is 1. The number of ether oxygens (including phenoxy) is 1. The molecule has 1 saturated heterocycles. The van der Waals surface area contributed by atoms with E-state index in [4.69, 9.17) is 9.84 Å². The van der Waals surface area contributed by atoms with E-state index in [0.717, 1.165) is 11.4 Å². The van der Waals surface area contributed by atoms with Gasteiger partial charge >= 0.3 is 5.97 Å². The third-order valence-electron chi connectivity index (χ3n) is 4.34. The molecule has 1 N–H and O–H groups in total. The number of aromatic nitrogens is 2. The molecule has 140 valence electrons. The van der Waals surface area contributed by atoms with E-state index in [2.05, 4.69) is 5.10 Å². The quantitative estimate of drug-likeness (QED) is 0.777. The third-order valence-corrected chi connectivity index (χ3v) is 4.34. The Balaban J connectivity index is 1.88. The first kappa shape index (κ1) is 19.4. The van der Waals surface area contributed by atoms with Crippen LogP contribution < -0.4 is 0 Å². The van der Waals surface area contributed by atoms with Gasteiger partial charge in [-0.1, -0.05) is 0 Å². The van der Waals surface area contributed by atoms with Gasteiger partial charge in [-0.2, -0.15) is 5.10 Å². The molecule has 1 aliphatic heterocycles. The van der Waals surface area contributed by atoms with Crippen molar-refractivity contribution in [3.05, 3.63) is 17.5 Å². The lowest BCUT2D eigenvalue weighted by atomic mass is 10.2. The topological polar surface area (TPSA) is 87.9 Å². The zero-order valence-electron chi connectivity index (χ0n) is 15.4. The number of carbonyl (C=O) groups is 2. The van der Waals surface area contributed by atoms with Gasteiger partial charge in [-0.05, 0) is 33.9 Å². The summed E-state index contributed by atoms with van der Waals surface area (Å²) in [6.45, 7) is 7.92. The van der Waals surface area contributed by atoms with E-state index in [0.29, 0.717) is 32.7 Å². The molecule has 1 amide bonds. The Morgan fingerprint density at radius 3 is 2.80 bits per heavy atom. The molecule has 1 fully saturated rings. The molecule has 2 heterocycles. The summed E-state index contributed by atoms with van der Waals surface area (Å²) < 4.78 is 7.57. The van der Waals surface area contributed by atoms with E-state index in [-0.39, 0.29) is 24.6 Å². The number of likely N-dealkylation sites (N-methyl/N-ethyl adjacent to an activating group) is 1. The molecule has 1 aromatic heterocycles. The second-order valence-electron chi connectivity index (χ2n) is 6.85. The molecule has 25 heavy (non-hydrogen) atoms. The van der Waals surface area contributed by atoms with Gasteiger partial charge in [-0.25, -0.2) is 0 Å². The van der Waals surface area contributed by atoms with Gasteiger partial charge in [0.25, 0.3) is 0 Å². The van der Waals surface area contributed by atoms with Crippen LogP contribution in [0.15, 0.2) is 6.07 Å². The molecule has 0 spiro atoms. The van der Waals surface area contributed by atoms with Crippen LogP contribution in [0.2, 0.25) is 0 Å². The van der Waals surface area contributed by atoms with Crippen molar-refractivity contribution >= 4 is 11.9 Å². The molecule has 0 aliphatic carbocycles. The van der Waals surface area contributed by atoms with Crippen molar-refractivity contribution < 1.29 is 19.4 Å². The minimum absolute atomic E-state index is 0.00261. The van der Waals surface area contributed by atoms with Crippen LogP contribution in [0.5, 0.6) is 0 Å². The van der Waals surface area contributed by atoms with E-state index in [1.165, 1.54) is 0 Å². The van der Waals surface area contributed by atoms with Crippen molar-refractivity contribution in [3.8, 4) is 0 Å². The number of nitrogens with zero attached hydrogens (tertiary/aromatic N) is 4. The summed E-state index contributed by atoms with van der Waals surface area (Å²) >= 11 is 0. The summed E-state index contributed by atoms with van der Waals surface area (Å²) in [4.78, 5) is 26.9. The average molecular weight is 352 g/mol. The zero-order valence-corrected chi connectivity index (χ0v) is 15.4. The summed E-state index contributed by atoms with van der Waals surface area (Å²) in [5.41, 5.74) is 2.00. The number of amides is 1. The van der Waals surface area contributed by atoms with Crippen molar-refractivity contribution in [1.82, 2.24) is 19.6 Å². The number of aliphatic carboxylic acids is 1. The Morgan fingerprint density at radius 1 is 1.48 bits per heavy atom. The van der Waals surface area contributed by atoms with Crippen LogP contribution in [0.25, 0.3) is 0 Å². The standard InChI is InChI=1S/C17H28N4O4/c1-12-7-13(2)21(18-12)14(3)8-16(22)20-5-6-25-15(10-20)9-19(4)11-17(23)24/h7,14-15H,5-6,8-11H2,1-4H3,(H,23,24). The lowest BCUT2D eigenvalue weighted by Gasteiger charge is -2.35. The fourth-order valence-corrected chi connectivity index (χ4v) is 3.26. The van der Waals surface area contributed by atoms with Crippen molar-refractivity contribution in [1.29, 1.82) is 0 Å². The molecule has 0 saturated carbocycles. The summed E-state index contributed by atoms with van der Waals surface area (Å²) in [6.07, 6.45) is 0.227. The third kappa shape index (κ3) is 5.54. The van der Waals surface area contributed by atoms with Crippen LogP contribution in [0.3, 0.4) is 0 Å². The molecule has 0 bridgehead atoms. The molecular weight excluding hydrogens is 324 g/mol. The molecule has 2 rings (SSSR count). The Morgan fingerprint density at radius 2 is 2.20 bits per heavy atom. The lowest BCUT2D eigenvalue weighted by Crippen LogP contribution is -2.49. The van der Waals surface area contributed by atoms with Crippen LogP contribution in [-0.2, 0) is 14.3 Å². The van der Waals surface area contributed by atoms with Crippen molar-refractivity contribution in [2.45, 2.75) is 39.3 Å². The minimum Gasteiger partial charge on any atom is -0.480 e. The van der Waals surface area contributed by atoms with Crippen LogP contribution in [0.4, 0.5) is 0 Å². The fourth-order valence-electron chi connectivity index (χ4n) is 3.26. The van der Waals surface area contributed by atoms with Gasteiger partial charge in [0.2, 0.25) is 5.91 Å². The predicted molar refractivity (Wildman–Crippen MR) is 92.5 cm³/mol. The molecule has 1 aromatic rings. The first-order valence-electron chi connectivity index (χ1n) is 8.58. The highest BCUT2D eigenvalue weighted by atomic mass is 16.5. The van der Waals surface area contributed by atoms with Crippen molar-refractivity contribution in [2.24, 2.45) is 0 Å². The first-order chi connectivity index (χ1) is 11.8. The maximum absolute atomic E-state index is 12.6.